The Balaban J connectivity index is 1.89. The SMILES string of the molecule is Cc1ccc(NC(=O)c2ccc3c(c2)nnn3C)c(Cl)c1. The Labute approximate surface area is 126 Å². The van der Waals surface area contributed by atoms with Crippen molar-refractivity contribution >= 4 is 34.2 Å². The lowest BCUT2D eigenvalue weighted by Crippen LogP contribution is -2.12. The zero-order valence-corrected chi connectivity index (χ0v) is 12.3. The minimum atomic E-state index is -0.228. The molecular formula is C15H13ClN4O. The monoisotopic (exact) mass is 300 g/mol. The lowest BCUT2D eigenvalue weighted by atomic mass is 10.1. The normalized spacial score (nSPS) is 10.8. The fourth-order valence-corrected chi connectivity index (χ4v) is 2.38. The molecule has 1 N–H and O–H groups in total. The molecule has 5 nitrogen and oxygen atoms in total. The maximum absolute atomic E-state index is 12.3. The van der Waals surface area contributed by atoms with Crippen LogP contribution in [0.3, 0.4) is 0 Å². The minimum Gasteiger partial charge on any atom is -0.321 e. The van der Waals surface area contributed by atoms with Gasteiger partial charge in [-0.25, -0.2) is 4.68 Å². The molecule has 0 bridgehead atoms. The quantitative estimate of drug-likeness (QED) is 0.790. The highest BCUT2D eigenvalue weighted by Crippen LogP contribution is 2.23. The number of benzene rings is 2. The summed E-state index contributed by atoms with van der Waals surface area (Å²) < 4.78 is 1.66. The van der Waals surface area contributed by atoms with E-state index in [1.165, 1.54) is 0 Å². The van der Waals surface area contributed by atoms with Crippen LogP contribution in [-0.2, 0) is 7.05 Å². The standard InChI is InChI=1S/C15H13ClN4O/c1-9-3-5-12(11(16)7-9)17-15(21)10-4-6-14-13(8-10)18-19-20(14)2/h3-8H,1-2H3,(H,17,21). The van der Waals surface area contributed by atoms with Crippen molar-refractivity contribution < 1.29 is 4.79 Å². The van der Waals surface area contributed by atoms with E-state index in [-0.39, 0.29) is 5.91 Å². The highest BCUT2D eigenvalue weighted by atomic mass is 35.5. The van der Waals surface area contributed by atoms with Crippen LogP contribution in [0, 0.1) is 6.92 Å². The molecule has 1 amide bonds. The van der Waals surface area contributed by atoms with Gasteiger partial charge in [0, 0.05) is 12.6 Å². The Morgan fingerprint density at radius 3 is 2.81 bits per heavy atom. The van der Waals surface area contributed by atoms with Crippen molar-refractivity contribution in [1.29, 1.82) is 0 Å². The summed E-state index contributed by atoms with van der Waals surface area (Å²) in [6, 6.07) is 10.8. The first kappa shape index (κ1) is 13.6. The van der Waals surface area contributed by atoms with Crippen LogP contribution >= 0.6 is 11.6 Å². The summed E-state index contributed by atoms with van der Waals surface area (Å²) in [4.78, 5) is 12.3. The van der Waals surface area contributed by atoms with Gasteiger partial charge in [-0.15, -0.1) is 5.10 Å². The van der Waals surface area contributed by atoms with Gasteiger partial charge < -0.3 is 5.32 Å². The van der Waals surface area contributed by atoms with E-state index in [0.717, 1.165) is 11.1 Å². The Morgan fingerprint density at radius 2 is 2.05 bits per heavy atom. The predicted octanol–water partition coefficient (Wildman–Crippen LogP) is 3.18. The van der Waals surface area contributed by atoms with E-state index < -0.39 is 0 Å². The number of nitrogens with one attached hydrogen (secondary N) is 1. The number of amides is 1. The molecule has 3 aromatic rings. The molecule has 0 aliphatic heterocycles. The number of fused-ring (bicyclic) bond motifs is 1. The fraction of sp³-hybridized carbons (Fsp3) is 0.133. The molecule has 3 rings (SSSR count). The maximum atomic E-state index is 12.3. The Hall–Kier alpha value is -2.40. The summed E-state index contributed by atoms with van der Waals surface area (Å²) in [5.74, 6) is -0.228. The van der Waals surface area contributed by atoms with Crippen LogP contribution < -0.4 is 5.32 Å². The van der Waals surface area contributed by atoms with Crippen LogP contribution in [0.4, 0.5) is 5.69 Å². The topological polar surface area (TPSA) is 59.8 Å². The van der Waals surface area contributed by atoms with Crippen molar-refractivity contribution in [3.8, 4) is 0 Å². The molecule has 0 aliphatic rings. The molecular weight excluding hydrogens is 288 g/mol. The van der Waals surface area contributed by atoms with Gasteiger partial charge in [0.05, 0.1) is 16.2 Å². The number of carbonyl (C=O) groups is 1. The summed E-state index contributed by atoms with van der Waals surface area (Å²) in [5.41, 5.74) is 3.70. The van der Waals surface area contributed by atoms with Gasteiger partial charge in [-0.05, 0) is 42.8 Å². The zero-order valence-electron chi connectivity index (χ0n) is 11.6. The molecule has 2 aromatic carbocycles. The molecule has 0 unspecified atom stereocenters. The summed E-state index contributed by atoms with van der Waals surface area (Å²) in [6.45, 7) is 1.94. The van der Waals surface area contributed by atoms with Crippen molar-refractivity contribution in [2.45, 2.75) is 6.92 Å². The van der Waals surface area contributed by atoms with Crippen LogP contribution in [0.1, 0.15) is 15.9 Å². The van der Waals surface area contributed by atoms with Gasteiger partial charge >= 0.3 is 0 Å². The maximum Gasteiger partial charge on any atom is 0.255 e. The minimum absolute atomic E-state index is 0.228. The van der Waals surface area contributed by atoms with Crippen LogP contribution in [-0.4, -0.2) is 20.9 Å². The third kappa shape index (κ3) is 2.60. The molecule has 1 heterocycles. The highest BCUT2D eigenvalue weighted by Gasteiger charge is 2.11. The first-order chi connectivity index (χ1) is 10.0. The third-order valence-electron chi connectivity index (χ3n) is 3.25. The lowest BCUT2D eigenvalue weighted by molar-refractivity contribution is 0.102. The first-order valence-corrected chi connectivity index (χ1v) is 6.79. The van der Waals surface area contributed by atoms with Crippen LogP contribution in [0.25, 0.3) is 11.0 Å². The van der Waals surface area contributed by atoms with E-state index in [1.807, 2.05) is 25.1 Å². The van der Waals surface area contributed by atoms with E-state index in [4.69, 9.17) is 11.6 Å². The number of aromatic nitrogens is 3. The van der Waals surface area contributed by atoms with E-state index in [2.05, 4.69) is 15.6 Å². The van der Waals surface area contributed by atoms with Gasteiger partial charge in [-0.3, -0.25) is 4.79 Å². The second-order valence-corrected chi connectivity index (χ2v) is 5.26. The third-order valence-corrected chi connectivity index (χ3v) is 3.56. The van der Waals surface area contributed by atoms with Crippen molar-refractivity contribution in [3.05, 3.63) is 52.5 Å². The Morgan fingerprint density at radius 1 is 1.24 bits per heavy atom. The van der Waals surface area contributed by atoms with Crippen LogP contribution in [0.15, 0.2) is 36.4 Å². The molecule has 0 radical (unpaired) electrons. The number of carbonyl (C=O) groups excluding carboxylic acids is 1. The summed E-state index contributed by atoms with van der Waals surface area (Å²) >= 11 is 6.12. The summed E-state index contributed by atoms with van der Waals surface area (Å²) in [5, 5.41) is 11.2. The van der Waals surface area contributed by atoms with Gasteiger partial charge in [-0.2, -0.15) is 0 Å². The molecule has 0 aliphatic carbocycles. The summed E-state index contributed by atoms with van der Waals surface area (Å²) in [6.07, 6.45) is 0. The number of hydrogen-bond acceptors (Lipinski definition) is 3. The van der Waals surface area contributed by atoms with Gasteiger partial charge in [-0.1, -0.05) is 22.9 Å². The number of nitrogens with zero attached hydrogens (tertiary/aromatic N) is 3. The molecule has 106 valence electrons. The number of anilines is 1. The molecule has 0 spiro atoms. The molecule has 0 fully saturated rings. The zero-order chi connectivity index (χ0) is 15.0. The Bertz CT molecular complexity index is 841. The van der Waals surface area contributed by atoms with Crippen LogP contribution in [0.2, 0.25) is 5.02 Å². The van der Waals surface area contributed by atoms with Crippen molar-refractivity contribution in [1.82, 2.24) is 15.0 Å². The van der Waals surface area contributed by atoms with Crippen LogP contribution in [0.5, 0.6) is 0 Å². The predicted molar refractivity (Wildman–Crippen MR) is 82.7 cm³/mol. The molecule has 0 atom stereocenters. The van der Waals surface area contributed by atoms with Crippen molar-refractivity contribution in [2.75, 3.05) is 5.32 Å². The largest absolute Gasteiger partial charge is 0.321 e. The second-order valence-electron chi connectivity index (χ2n) is 4.85. The highest BCUT2D eigenvalue weighted by molar-refractivity contribution is 6.34. The molecule has 6 heteroatoms. The summed E-state index contributed by atoms with van der Waals surface area (Å²) in [7, 11) is 1.81. The molecule has 21 heavy (non-hydrogen) atoms. The number of hydrogen-bond donors (Lipinski definition) is 1. The van der Waals surface area contributed by atoms with E-state index in [9.17, 15) is 4.79 Å². The number of aryl methyl sites for hydroxylation is 2. The van der Waals surface area contributed by atoms with Gasteiger partial charge in [0.2, 0.25) is 0 Å². The average molecular weight is 301 g/mol. The fourth-order valence-electron chi connectivity index (χ4n) is 2.10. The van der Waals surface area contributed by atoms with Gasteiger partial charge in [0.15, 0.2) is 0 Å². The first-order valence-electron chi connectivity index (χ1n) is 6.41. The Kier molecular flexibility index (Phi) is 3.35. The average Bonchev–Trinajstić information content (AvgIpc) is 2.83. The van der Waals surface area contributed by atoms with E-state index in [0.29, 0.717) is 21.8 Å². The van der Waals surface area contributed by atoms with Gasteiger partial charge in [0.25, 0.3) is 5.91 Å². The smallest absolute Gasteiger partial charge is 0.255 e. The van der Waals surface area contributed by atoms with Gasteiger partial charge in [0.1, 0.15) is 5.52 Å². The molecule has 1 aromatic heterocycles. The van der Waals surface area contributed by atoms with Crippen molar-refractivity contribution in [3.63, 3.8) is 0 Å². The van der Waals surface area contributed by atoms with Crippen molar-refractivity contribution in [2.24, 2.45) is 7.05 Å². The lowest BCUT2D eigenvalue weighted by Gasteiger charge is -2.08. The number of halogens is 1. The second kappa shape index (κ2) is 5.18. The van der Waals surface area contributed by atoms with E-state index in [1.54, 1.807) is 29.9 Å². The van der Waals surface area contributed by atoms with E-state index >= 15 is 0 Å². The molecule has 0 saturated carbocycles. The number of rotatable bonds is 2. The molecule has 0 saturated heterocycles.